The van der Waals surface area contributed by atoms with E-state index in [1.807, 2.05) is 6.92 Å². The van der Waals surface area contributed by atoms with E-state index in [2.05, 4.69) is 5.43 Å². The average molecular weight is 297 g/mol. The van der Waals surface area contributed by atoms with Crippen LogP contribution in [0.25, 0.3) is 0 Å². The molecule has 1 atom stereocenters. The highest BCUT2D eigenvalue weighted by atomic mass is 35.5. The third-order valence-electron chi connectivity index (χ3n) is 3.32. The Balaban J connectivity index is 2.61. The van der Waals surface area contributed by atoms with Gasteiger partial charge in [0.2, 0.25) is 0 Å². The Morgan fingerprint density at radius 2 is 1.80 bits per heavy atom. The fourth-order valence-corrected chi connectivity index (χ4v) is 2.46. The second-order valence-corrected chi connectivity index (χ2v) is 5.13. The molecule has 0 radical (unpaired) electrons. The van der Waals surface area contributed by atoms with Crippen LogP contribution < -0.4 is 11.3 Å². The second-order valence-electron chi connectivity index (χ2n) is 4.69. The summed E-state index contributed by atoms with van der Waals surface area (Å²) in [7, 11) is 0. The van der Waals surface area contributed by atoms with Crippen molar-refractivity contribution in [3.63, 3.8) is 0 Å². The molecule has 0 aromatic heterocycles. The molecule has 0 heterocycles. The molecule has 5 heteroatoms. The first-order valence-corrected chi connectivity index (χ1v) is 6.50. The number of hydrogen-bond donors (Lipinski definition) is 2. The van der Waals surface area contributed by atoms with Crippen molar-refractivity contribution in [3.8, 4) is 0 Å². The van der Waals surface area contributed by atoms with Crippen LogP contribution in [0.4, 0.5) is 8.78 Å². The number of benzene rings is 2. The summed E-state index contributed by atoms with van der Waals surface area (Å²) in [5.74, 6) is 4.29. The van der Waals surface area contributed by atoms with Gasteiger partial charge in [0.1, 0.15) is 11.6 Å². The van der Waals surface area contributed by atoms with E-state index in [0.717, 1.165) is 5.56 Å². The number of aryl methyl sites for hydroxylation is 2. The van der Waals surface area contributed by atoms with E-state index < -0.39 is 17.7 Å². The molecule has 0 saturated heterocycles. The number of halogens is 3. The number of rotatable bonds is 3. The van der Waals surface area contributed by atoms with Crippen LogP contribution in [-0.4, -0.2) is 0 Å². The fraction of sp³-hybridized carbons (Fsp3) is 0.200. The van der Waals surface area contributed by atoms with Crippen molar-refractivity contribution in [3.05, 3.63) is 69.2 Å². The van der Waals surface area contributed by atoms with Gasteiger partial charge in [0.15, 0.2) is 0 Å². The monoisotopic (exact) mass is 296 g/mol. The first-order valence-electron chi connectivity index (χ1n) is 6.12. The standard InChI is InChI=1S/C15H15ClF2N2/c1-8-3-6-12(17)13(14(8)18)15(20-19)11-5-4-10(16)7-9(11)2/h3-7,15,20H,19H2,1-2H3. The van der Waals surface area contributed by atoms with Crippen LogP contribution in [0.1, 0.15) is 28.3 Å². The predicted octanol–water partition coefficient (Wildman–Crippen LogP) is 3.79. The Hall–Kier alpha value is -1.49. The van der Waals surface area contributed by atoms with Crippen molar-refractivity contribution in [1.29, 1.82) is 0 Å². The van der Waals surface area contributed by atoms with Gasteiger partial charge in [0.05, 0.1) is 6.04 Å². The average Bonchev–Trinajstić information content (AvgIpc) is 2.40. The lowest BCUT2D eigenvalue weighted by Gasteiger charge is -2.21. The molecule has 0 fully saturated rings. The maximum absolute atomic E-state index is 14.2. The first kappa shape index (κ1) is 14.9. The lowest BCUT2D eigenvalue weighted by molar-refractivity contribution is 0.506. The van der Waals surface area contributed by atoms with Gasteiger partial charge >= 0.3 is 0 Å². The zero-order valence-corrected chi connectivity index (χ0v) is 11.9. The summed E-state index contributed by atoms with van der Waals surface area (Å²) >= 11 is 5.90. The minimum Gasteiger partial charge on any atom is -0.271 e. The summed E-state index contributed by atoms with van der Waals surface area (Å²) in [4.78, 5) is 0. The van der Waals surface area contributed by atoms with Crippen molar-refractivity contribution >= 4 is 11.6 Å². The molecular weight excluding hydrogens is 282 g/mol. The molecule has 2 rings (SSSR count). The highest BCUT2D eigenvalue weighted by Gasteiger charge is 2.23. The molecule has 0 bridgehead atoms. The van der Waals surface area contributed by atoms with E-state index >= 15 is 0 Å². The quantitative estimate of drug-likeness (QED) is 0.668. The van der Waals surface area contributed by atoms with Gasteiger partial charge in [-0.3, -0.25) is 5.84 Å². The lowest BCUT2D eigenvalue weighted by Crippen LogP contribution is -2.31. The predicted molar refractivity (Wildman–Crippen MR) is 76.5 cm³/mol. The normalized spacial score (nSPS) is 12.5. The van der Waals surface area contributed by atoms with Crippen LogP contribution in [0.3, 0.4) is 0 Å². The summed E-state index contributed by atoms with van der Waals surface area (Å²) in [6.07, 6.45) is 0. The third kappa shape index (κ3) is 2.68. The zero-order valence-electron chi connectivity index (χ0n) is 11.2. The highest BCUT2D eigenvalue weighted by Crippen LogP contribution is 2.30. The fourth-order valence-electron chi connectivity index (χ4n) is 2.23. The van der Waals surface area contributed by atoms with Crippen LogP contribution in [0.5, 0.6) is 0 Å². The Kier molecular flexibility index (Phi) is 4.38. The smallest absolute Gasteiger partial charge is 0.134 e. The topological polar surface area (TPSA) is 38.0 Å². The molecular formula is C15H15ClF2N2. The second kappa shape index (κ2) is 5.87. The lowest BCUT2D eigenvalue weighted by atomic mass is 9.93. The van der Waals surface area contributed by atoms with Crippen molar-refractivity contribution < 1.29 is 8.78 Å². The van der Waals surface area contributed by atoms with Crippen molar-refractivity contribution in [2.24, 2.45) is 5.84 Å². The summed E-state index contributed by atoms with van der Waals surface area (Å²) in [5.41, 5.74) is 4.25. The van der Waals surface area contributed by atoms with Crippen LogP contribution in [0.15, 0.2) is 30.3 Å². The summed E-state index contributed by atoms with van der Waals surface area (Å²) in [5, 5.41) is 0.562. The molecule has 106 valence electrons. The Morgan fingerprint density at radius 1 is 1.10 bits per heavy atom. The molecule has 2 aromatic carbocycles. The van der Waals surface area contributed by atoms with Crippen LogP contribution in [0, 0.1) is 25.5 Å². The van der Waals surface area contributed by atoms with Crippen molar-refractivity contribution in [1.82, 2.24) is 5.43 Å². The van der Waals surface area contributed by atoms with Crippen LogP contribution in [0.2, 0.25) is 5.02 Å². The molecule has 0 aliphatic rings. The summed E-state index contributed by atoms with van der Waals surface area (Å²) in [6, 6.07) is 6.97. The molecule has 0 saturated carbocycles. The molecule has 0 amide bonds. The van der Waals surface area contributed by atoms with E-state index in [4.69, 9.17) is 17.4 Å². The van der Waals surface area contributed by atoms with E-state index in [0.29, 0.717) is 16.1 Å². The Bertz CT molecular complexity index is 644. The largest absolute Gasteiger partial charge is 0.271 e. The SMILES string of the molecule is Cc1cc(Cl)ccc1C(NN)c1c(F)ccc(C)c1F. The van der Waals surface area contributed by atoms with E-state index in [1.54, 1.807) is 25.1 Å². The van der Waals surface area contributed by atoms with Crippen molar-refractivity contribution in [2.45, 2.75) is 19.9 Å². The van der Waals surface area contributed by atoms with E-state index in [-0.39, 0.29) is 5.56 Å². The number of hydrazine groups is 1. The molecule has 2 nitrogen and oxygen atoms in total. The minimum atomic E-state index is -0.771. The molecule has 0 aliphatic heterocycles. The molecule has 20 heavy (non-hydrogen) atoms. The first-order chi connectivity index (χ1) is 9.45. The van der Waals surface area contributed by atoms with Gasteiger partial charge in [-0.25, -0.2) is 14.2 Å². The zero-order chi connectivity index (χ0) is 14.9. The molecule has 1 unspecified atom stereocenters. The van der Waals surface area contributed by atoms with E-state index in [9.17, 15) is 8.78 Å². The van der Waals surface area contributed by atoms with Crippen LogP contribution in [-0.2, 0) is 0 Å². The van der Waals surface area contributed by atoms with Crippen LogP contribution >= 0.6 is 11.6 Å². The molecule has 0 spiro atoms. The molecule has 0 aliphatic carbocycles. The van der Waals surface area contributed by atoms with Gasteiger partial charge in [-0.1, -0.05) is 23.7 Å². The number of nitrogens with one attached hydrogen (secondary N) is 1. The maximum atomic E-state index is 14.2. The Labute approximate surface area is 121 Å². The van der Waals surface area contributed by atoms with E-state index in [1.165, 1.54) is 12.1 Å². The van der Waals surface area contributed by atoms with Gasteiger partial charge in [0.25, 0.3) is 0 Å². The number of hydrogen-bond acceptors (Lipinski definition) is 2. The van der Waals surface area contributed by atoms with Gasteiger partial charge in [-0.05, 0) is 48.7 Å². The minimum absolute atomic E-state index is 0.0853. The van der Waals surface area contributed by atoms with Gasteiger partial charge in [-0.2, -0.15) is 0 Å². The summed E-state index contributed by atoms with van der Waals surface area (Å²) < 4.78 is 28.2. The third-order valence-corrected chi connectivity index (χ3v) is 3.55. The molecule has 2 aromatic rings. The summed E-state index contributed by atoms with van der Waals surface area (Å²) in [6.45, 7) is 3.40. The Morgan fingerprint density at radius 3 is 2.40 bits per heavy atom. The van der Waals surface area contributed by atoms with Gasteiger partial charge in [-0.15, -0.1) is 0 Å². The highest BCUT2D eigenvalue weighted by molar-refractivity contribution is 6.30. The number of nitrogens with two attached hydrogens (primary N) is 1. The van der Waals surface area contributed by atoms with Gasteiger partial charge in [0, 0.05) is 10.6 Å². The van der Waals surface area contributed by atoms with Crippen molar-refractivity contribution in [2.75, 3.05) is 0 Å². The molecule has 3 N–H and O–H groups in total. The maximum Gasteiger partial charge on any atom is 0.134 e. The van der Waals surface area contributed by atoms with Gasteiger partial charge < -0.3 is 0 Å².